The van der Waals surface area contributed by atoms with Crippen LogP contribution in [0.15, 0.2) is 97.2 Å². The lowest BCUT2D eigenvalue weighted by Crippen LogP contribution is -2.47. The minimum Gasteiger partial charge on any atom is -0.368 e. The van der Waals surface area contributed by atoms with Crippen molar-refractivity contribution in [3.8, 4) is 0 Å². The van der Waals surface area contributed by atoms with E-state index in [-0.39, 0.29) is 0 Å². The van der Waals surface area contributed by atoms with E-state index >= 15 is 0 Å². The Hall–Kier alpha value is -3.30. The fourth-order valence-corrected chi connectivity index (χ4v) is 4.57. The molecule has 0 spiro atoms. The van der Waals surface area contributed by atoms with Gasteiger partial charge in [-0.3, -0.25) is 4.90 Å². The van der Waals surface area contributed by atoms with Crippen molar-refractivity contribution < 1.29 is 0 Å². The van der Waals surface area contributed by atoms with Crippen LogP contribution >= 0.6 is 0 Å². The number of anilines is 1. The SMILES string of the molecule is C1=CC=C(c2ccc3ccccc3c2N2CCN(CCc3ccccc3)CC2)NC=C1. The van der Waals surface area contributed by atoms with Crippen molar-refractivity contribution in [2.45, 2.75) is 6.42 Å². The molecule has 0 unspecified atom stereocenters. The molecule has 0 aromatic heterocycles. The van der Waals surface area contributed by atoms with Gasteiger partial charge < -0.3 is 10.2 Å². The summed E-state index contributed by atoms with van der Waals surface area (Å²) < 4.78 is 0. The first-order valence-corrected chi connectivity index (χ1v) is 11.2. The molecule has 0 bridgehead atoms. The van der Waals surface area contributed by atoms with Gasteiger partial charge >= 0.3 is 0 Å². The normalized spacial score (nSPS) is 16.8. The Morgan fingerprint density at radius 1 is 0.742 bits per heavy atom. The van der Waals surface area contributed by atoms with Crippen LogP contribution in [0, 0.1) is 0 Å². The summed E-state index contributed by atoms with van der Waals surface area (Å²) in [6.45, 7) is 5.43. The quantitative estimate of drug-likeness (QED) is 0.626. The molecule has 3 nitrogen and oxygen atoms in total. The lowest BCUT2D eigenvalue weighted by Gasteiger charge is -2.38. The maximum atomic E-state index is 3.47. The Morgan fingerprint density at radius 2 is 1.55 bits per heavy atom. The zero-order chi connectivity index (χ0) is 20.9. The molecule has 1 fully saturated rings. The number of hydrogen-bond donors (Lipinski definition) is 1. The molecule has 156 valence electrons. The molecule has 2 aliphatic heterocycles. The van der Waals surface area contributed by atoms with Gasteiger partial charge in [-0.25, -0.2) is 0 Å². The second-order valence-corrected chi connectivity index (χ2v) is 8.22. The summed E-state index contributed by atoms with van der Waals surface area (Å²) >= 11 is 0. The van der Waals surface area contributed by atoms with E-state index in [1.807, 2.05) is 12.3 Å². The third kappa shape index (κ3) is 4.42. The van der Waals surface area contributed by atoms with Gasteiger partial charge in [0.25, 0.3) is 0 Å². The minimum atomic E-state index is 1.05. The van der Waals surface area contributed by atoms with Crippen molar-refractivity contribution >= 4 is 22.2 Å². The number of nitrogens with zero attached hydrogens (tertiary/aromatic N) is 2. The Morgan fingerprint density at radius 3 is 2.42 bits per heavy atom. The van der Waals surface area contributed by atoms with Crippen molar-refractivity contribution in [2.75, 3.05) is 37.6 Å². The number of hydrogen-bond acceptors (Lipinski definition) is 3. The Labute approximate surface area is 185 Å². The van der Waals surface area contributed by atoms with E-state index in [1.54, 1.807) is 0 Å². The van der Waals surface area contributed by atoms with Crippen LogP contribution in [0.3, 0.4) is 0 Å². The third-order valence-corrected chi connectivity index (χ3v) is 6.26. The van der Waals surface area contributed by atoms with Crippen molar-refractivity contribution in [1.82, 2.24) is 10.2 Å². The lowest BCUT2D eigenvalue weighted by molar-refractivity contribution is 0.261. The fourth-order valence-electron chi connectivity index (χ4n) is 4.57. The van der Waals surface area contributed by atoms with E-state index in [0.717, 1.165) is 44.8 Å². The van der Waals surface area contributed by atoms with Gasteiger partial charge in [0.1, 0.15) is 0 Å². The molecule has 3 aromatic rings. The maximum absolute atomic E-state index is 3.47. The van der Waals surface area contributed by atoms with Crippen molar-refractivity contribution in [3.63, 3.8) is 0 Å². The highest BCUT2D eigenvalue weighted by Gasteiger charge is 2.22. The second-order valence-electron chi connectivity index (χ2n) is 8.22. The van der Waals surface area contributed by atoms with E-state index in [0.29, 0.717) is 0 Å². The predicted molar refractivity (Wildman–Crippen MR) is 132 cm³/mol. The summed E-state index contributed by atoms with van der Waals surface area (Å²) in [5.74, 6) is 0. The highest BCUT2D eigenvalue weighted by atomic mass is 15.3. The number of benzene rings is 3. The molecule has 0 saturated carbocycles. The van der Waals surface area contributed by atoms with Gasteiger partial charge in [-0.1, -0.05) is 78.9 Å². The van der Waals surface area contributed by atoms with Gasteiger partial charge in [-0.05, 0) is 29.5 Å². The zero-order valence-corrected chi connectivity index (χ0v) is 17.9. The highest BCUT2D eigenvalue weighted by Crippen LogP contribution is 2.35. The molecular weight excluding hydrogens is 378 g/mol. The van der Waals surface area contributed by atoms with Gasteiger partial charge in [0.2, 0.25) is 0 Å². The Balaban J connectivity index is 1.38. The number of rotatable bonds is 5. The van der Waals surface area contributed by atoms with Crippen LogP contribution in [0.1, 0.15) is 11.1 Å². The van der Waals surface area contributed by atoms with E-state index in [4.69, 9.17) is 0 Å². The van der Waals surface area contributed by atoms with E-state index in [1.165, 1.54) is 27.6 Å². The summed E-state index contributed by atoms with van der Waals surface area (Å²) in [7, 11) is 0. The molecule has 2 heterocycles. The van der Waals surface area contributed by atoms with Crippen LogP contribution < -0.4 is 10.2 Å². The lowest BCUT2D eigenvalue weighted by atomic mass is 9.99. The van der Waals surface area contributed by atoms with Gasteiger partial charge in [-0.2, -0.15) is 0 Å². The van der Waals surface area contributed by atoms with Crippen LogP contribution in [-0.4, -0.2) is 37.6 Å². The van der Waals surface area contributed by atoms with Crippen LogP contribution in [0.25, 0.3) is 16.5 Å². The Kier molecular flexibility index (Phi) is 5.85. The van der Waals surface area contributed by atoms with Crippen LogP contribution in [-0.2, 0) is 6.42 Å². The highest BCUT2D eigenvalue weighted by molar-refractivity contribution is 6.00. The molecule has 3 heteroatoms. The Bertz CT molecular complexity index is 1120. The molecule has 2 aliphatic rings. The monoisotopic (exact) mass is 407 g/mol. The molecular formula is C28H29N3. The van der Waals surface area contributed by atoms with Crippen molar-refractivity contribution in [1.29, 1.82) is 0 Å². The summed E-state index contributed by atoms with van der Waals surface area (Å²) in [4.78, 5) is 5.18. The molecule has 1 N–H and O–H groups in total. The van der Waals surface area contributed by atoms with Gasteiger partial charge in [0.15, 0.2) is 0 Å². The summed E-state index contributed by atoms with van der Waals surface area (Å²) in [5.41, 5.74) is 5.20. The molecule has 3 aromatic carbocycles. The molecule has 0 amide bonds. The topological polar surface area (TPSA) is 18.5 Å². The number of piperazine rings is 1. The van der Waals surface area contributed by atoms with Gasteiger partial charge in [0, 0.05) is 55.6 Å². The average molecular weight is 408 g/mol. The average Bonchev–Trinajstić information content (AvgIpc) is 3.13. The fraction of sp³-hybridized carbons (Fsp3) is 0.214. The molecule has 5 rings (SSSR count). The second kappa shape index (κ2) is 9.23. The largest absolute Gasteiger partial charge is 0.368 e. The van der Waals surface area contributed by atoms with Crippen LogP contribution in [0.4, 0.5) is 5.69 Å². The van der Waals surface area contributed by atoms with Crippen LogP contribution in [0.5, 0.6) is 0 Å². The number of allylic oxidation sites excluding steroid dienone is 4. The van der Waals surface area contributed by atoms with E-state index < -0.39 is 0 Å². The van der Waals surface area contributed by atoms with Gasteiger partial charge in [0.05, 0.1) is 5.69 Å². The molecule has 0 atom stereocenters. The van der Waals surface area contributed by atoms with Crippen molar-refractivity contribution in [3.05, 3.63) is 108 Å². The molecule has 1 saturated heterocycles. The summed E-state index contributed by atoms with van der Waals surface area (Å²) in [5, 5.41) is 6.10. The summed E-state index contributed by atoms with van der Waals surface area (Å²) in [6, 6.07) is 24.1. The zero-order valence-electron chi connectivity index (χ0n) is 17.9. The molecule has 0 aliphatic carbocycles. The number of nitrogens with one attached hydrogen (secondary N) is 1. The minimum absolute atomic E-state index is 1.05. The van der Waals surface area contributed by atoms with Gasteiger partial charge in [-0.15, -0.1) is 0 Å². The number of fused-ring (bicyclic) bond motifs is 1. The first-order chi connectivity index (χ1) is 15.4. The smallest absolute Gasteiger partial charge is 0.0541 e. The summed E-state index contributed by atoms with van der Waals surface area (Å²) in [6.07, 6.45) is 11.5. The standard InChI is InChI=1S/C28H29N3/c1-3-9-23(10-4-1)16-18-30-19-21-31(22-20-30)28-25-12-7-6-11-24(25)14-15-26(28)27-13-5-2-8-17-29-27/h1-15,17,29H,16,18-22H2. The first kappa shape index (κ1) is 19.7. The maximum Gasteiger partial charge on any atom is 0.0541 e. The predicted octanol–water partition coefficient (Wildman–Crippen LogP) is 5.22. The molecule has 31 heavy (non-hydrogen) atoms. The van der Waals surface area contributed by atoms with Crippen molar-refractivity contribution in [2.24, 2.45) is 0 Å². The van der Waals surface area contributed by atoms with E-state index in [2.05, 4.69) is 100 Å². The van der Waals surface area contributed by atoms with Crippen LogP contribution in [0.2, 0.25) is 0 Å². The van der Waals surface area contributed by atoms with E-state index in [9.17, 15) is 0 Å². The third-order valence-electron chi connectivity index (χ3n) is 6.26. The first-order valence-electron chi connectivity index (χ1n) is 11.2. The molecule has 0 radical (unpaired) electrons.